The second-order valence-corrected chi connectivity index (χ2v) is 13.6. The highest BCUT2D eigenvalue weighted by molar-refractivity contribution is 7.92. The van der Waals surface area contributed by atoms with E-state index in [4.69, 9.17) is 16.3 Å². The largest absolute Gasteiger partial charge is 0.371 e. The second kappa shape index (κ2) is 11.7. The molecule has 0 aromatic carbocycles. The first kappa shape index (κ1) is 26.5. The number of fused-ring (bicyclic) bond motifs is 1. The number of hydrogen-bond acceptors (Lipinski definition) is 6. The van der Waals surface area contributed by atoms with Gasteiger partial charge in [0.2, 0.25) is 5.91 Å². The number of sulfone groups is 1. The molecule has 1 amide bonds. The van der Waals surface area contributed by atoms with Crippen LogP contribution in [0.15, 0.2) is 0 Å². The maximum absolute atomic E-state index is 13.4. The molecule has 4 rings (SSSR count). The standard InChI is InChI=1S/C23H38ClF2N3O4S/c24-16-3-6-20(33-13-22(25)26)21(10-16)34(31,32)17-4-1-14(2-5-17)11-28-23(30)19-9-15-12-27-8-7-18(15)29-19/h14-22,27,29H,1-13H2,(H,28,30). The van der Waals surface area contributed by atoms with Crippen LogP contribution in [-0.4, -0.2) is 81.1 Å². The third kappa shape index (κ3) is 6.41. The number of piperidine rings is 1. The molecule has 6 unspecified atom stereocenters. The van der Waals surface area contributed by atoms with Gasteiger partial charge in [-0.2, -0.15) is 0 Å². The zero-order chi connectivity index (χ0) is 24.3. The van der Waals surface area contributed by atoms with Gasteiger partial charge in [-0.25, -0.2) is 17.2 Å². The van der Waals surface area contributed by atoms with Gasteiger partial charge >= 0.3 is 0 Å². The molecular weight excluding hydrogens is 488 g/mol. The number of alkyl halides is 3. The van der Waals surface area contributed by atoms with Crippen LogP contribution >= 0.6 is 11.6 Å². The van der Waals surface area contributed by atoms with Gasteiger partial charge < -0.3 is 20.7 Å². The minimum Gasteiger partial charge on any atom is -0.371 e. The van der Waals surface area contributed by atoms with E-state index in [9.17, 15) is 22.0 Å². The van der Waals surface area contributed by atoms with E-state index in [1.807, 2.05) is 0 Å². The van der Waals surface area contributed by atoms with Crippen molar-refractivity contribution in [2.45, 2.75) is 98.3 Å². The fraction of sp³-hybridized carbons (Fsp3) is 0.957. The molecule has 7 nitrogen and oxygen atoms in total. The van der Waals surface area contributed by atoms with Gasteiger partial charge in [0.25, 0.3) is 6.43 Å². The molecule has 4 aliphatic rings. The van der Waals surface area contributed by atoms with Gasteiger partial charge in [-0.15, -0.1) is 11.6 Å². The number of amides is 1. The highest BCUT2D eigenvalue weighted by atomic mass is 35.5. The monoisotopic (exact) mass is 525 g/mol. The maximum atomic E-state index is 13.4. The van der Waals surface area contributed by atoms with E-state index in [1.54, 1.807) is 0 Å². The Balaban J connectivity index is 1.25. The van der Waals surface area contributed by atoms with Crippen molar-refractivity contribution in [2.24, 2.45) is 11.8 Å². The number of halogens is 3. The lowest BCUT2D eigenvalue weighted by Gasteiger charge is -2.37. The Kier molecular flexibility index (Phi) is 9.10. The fourth-order valence-electron chi connectivity index (χ4n) is 6.27. The van der Waals surface area contributed by atoms with Crippen LogP contribution in [0.2, 0.25) is 0 Å². The van der Waals surface area contributed by atoms with Crippen molar-refractivity contribution < 1.29 is 26.7 Å². The van der Waals surface area contributed by atoms with E-state index in [0.717, 1.165) is 38.8 Å². The predicted molar refractivity (Wildman–Crippen MR) is 127 cm³/mol. The van der Waals surface area contributed by atoms with Gasteiger partial charge in [0.15, 0.2) is 9.84 Å². The van der Waals surface area contributed by atoms with Crippen molar-refractivity contribution in [3.05, 3.63) is 0 Å². The lowest BCUT2D eigenvalue weighted by Crippen LogP contribution is -2.48. The Morgan fingerprint density at radius 2 is 1.85 bits per heavy atom. The summed E-state index contributed by atoms with van der Waals surface area (Å²) in [6.07, 6.45) is 2.25. The van der Waals surface area contributed by atoms with Crippen molar-refractivity contribution in [3.63, 3.8) is 0 Å². The molecule has 6 atom stereocenters. The van der Waals surface area contributed by atoms with Crippen molar-refractivity contribution in [1.82, 2.24) is 16.0 Å². The van der Waals surface area contributed by atoms with E-state index in [1.165, 1.54) is 0 Å². The summed E-state index contributed by atoms with van der Waals surface area (Å²) < 4.78 is 57.4. The quantitative estimate of drug-likeness (QED) is 0.421. The highest BCUT2D eigenvalue weighted by Gasteiger charge is 2.44. The van der Waals surface area contributed by atoms with Crippen molar-refractivity contribution >= 4 is 27.3 Å². The molecule has 2 aliphatic heterocycles. The van der Waals surface area contributed by atoms with Crippen LogP contribution in [-0.2, 0) is 19.4 Å². The van der Waals surface area contributed by atoms with Crippen LogP contribution in [0.3, 0.4) is 0 Å². The van der Waals surface area contributed by atoms with Crippen LogP contribution in [0.4, 0.5) is 8.78 Å². The zero-order valence-electron chi connectivity index (χ0n) is 19.6. The first-order valence-corrected chi connectivity index (χ1v) is 14.8. The molecular formula is C23H38ClF2N3O4S. The smallest absolute Gasteiger partial charge is 0.261 e. The van der Waals surface area contributed by atoms with Crippen molar-refractivity contribution in [1.29, 1.82) is 0 Å². The minimum absolute atomic E-state index is 0.0403. The van der Waals surface area contributed by atoms with E-state index in [-0.39, 0.29) is 29.7 Å². The summed E-state index contributed by atoms with van der Waals surface area (Å²) in [7, 11) is -3.55. The van der Waals surface area contributed by atoms with Crippen LogP contribution in [0.1, 0.15) is 57.8 Å². The number of carbonyl (C=O) groups is 1. The van der Waals surface area contributed by atoms with Gasteiger partial charge in [-0.1, -0.05) is 0 Å². The Morgan fingerprint density at radius 3 is 2.56 bits per heavy atom. The number of hydrogen-bond donors (Lipinski definition) is 3. The number of carbonyl (C=O) groups excluding carboxylic acids is 1. The third-order valence-corrected chi connectivity index (χ3v) is 11.4. The van der Waals surface area contributed by atoms with Crippen LogP contribution in [0.5, 0.6) is 0 Å². The third-order valence-electron chi connectivity index (χ3n) is 8.23. The SMILES string of the molecule is O=C(NCC1CCC(S(=O)(=O)C2CC(Cl)CCC2OCC(F)F)CC1)C1CC2CNCCC2N1. The first-order valence-electron chi connectivity index (χ1n) is 12.7. The van der Waals surface area contributed by atoms with Crippen LogP contribution < -0.4 is 16.0 Å². The van der Waals surface area contributed by atoms with Crippen molar-refractivity contribution in [3.8, 4) is 0 Å². The van der Waals surface area contributed by atoms with Gasteiger partial charge in [-0.05, 0) is 82.7 Å². The predicted octanol–water partition coefficient (Wildman–Crippen LogP) is 2.23. The number of rotatable bonds is 8. The molecule has 0 bridgehead atoms. The summed E-state index contributed by atoms with van der Waals surface area (Å²) >= 11 is 6.26. The topological polar surface area (TPSA) is 96.5 Å². The molecule has 2 saturated heterocycles. The molecule has 11 heteroatoms. The normalized spacial score (nSPS) is 39.1. The Bertz CT molecular complexity index is 783. The molecule has 0 aromatic heterocycles. The maximum Gasteiger partial charge on any atom is 0.261 e. The Hall–Kier alpha value is -0.550. The minimum atomic E-state index is -3.55. The van der Waals surface area contributed by atoms with Gasteiger partial charge in [-0.3, -0.25) is 4.79 Å². The second-order valence-electron chi connectivity index (χ2n) is 10.5. The van der Waals surface area contributed by atoms with E-state index < -0.39 is 39.5 Å². The molecule has 0 spiro atoms. The summed E-state index contributed by atoms with van der Waals surface area (Å²) in [4.78, 5) is 12.7. The van der Waals surface area contributed by atoms with E-state index >= 15 is 0 Å². The highest BCUT2D eigenvalue weighted by Crippen LogP contribution is 2.37. The van der Waals surface area contributed by atoms with Crippen LogP contribution in [0.25, 0.3) is 0 Å². The molecule has 0 radical (unpaired) electrons. The van der Waals surface area contributed by atoms with Crippen molar-refractivity contribution in [2.75, 3.05) is 26.2 Å². The Morgan fingerprint density at radius 1 is 1.09 bits per heavy atom. The summed E-state index contributed by atoms with van der Waals surface area (Å²) in [5.74, 6) is 0.795. The summed E-state index contributed by atoms with van der Waals surface area (Å²) in [6, 6.07) is 0.269. The van der Waals surface area contributed by atoms with Gasteiger partial charge in [0, 0.05) is 18.0 Å². The molecule has 2 aliphatic carbocycles. The summed E-state index contributed by atoms with van der Waals surface area (Å²) in [5.41, 5.74) is 0. The molecule has 0 aromatic rings. The summed E-state index contributed by atoms with van der Waals surface area (Å²) in [5, 5.41) is 8.33. The molecule has 4 fully saturated rings. The van der Waals surface area contributed by atoms with Crippen LogP contribution in [0, 0.1) is 11.8 Å². The average Bonchev–Trinajstić information content (AvgIpc) is 3.26. The lowest BCUT2D eigenvalue weighted by atomic mass is 9.88. The van der Waals surface area contributed by atoms with Gasteiger partial charge in [0.1, 0.15) is 6.61 Å². The molecule has 2 saturated carbocycles. The molecule has 2 heterocycles. The van der Waals surface area contributed by atoms with E-state index in [2.05, 4.69) is 16.0 Å². The fourth-order valence-corrected chi connectivity index (χ4v) is 9.25. The first-order chi connectivity index (χ1) is 16.2. The molecule has 34 heavy (non-hydrogen) atoms. The number of ether oxygens (including phenoxy) is 1. The number of nitrogens with one attached hydrogen (secondary N) is 3. The summed E-state index contributed by atoms with van der Waals surface area (Å²) in [6.45, 7) is 1.76. The molecule has 3 N–H and O–H groups in total. The van der Waals surface area contributed by atoms with E-state index in [0.29, 0.717) is 44.2 Å². The molecule has 196 valence electrons. The zero-order valence-corrected chi connectivity index (χ0v) is 21.1. The lowest BCUT2D eigenvalue weighted by molar-refractivity contribution is -0.123. The Labute approximate surface area is 206 Å². The van der Waals surface area contributed by atoms with Gasteiger partial charge in [0.05, 0.1) is 22.6 Å². The average molecular weight is 526 g/mol.